The number of likely N-dealkylation sites (tertiary alicyclic amines) is 1. The van der Waals surface area contributed by atoms with E-state index in [2.05, 4.69) is 34.1 Å². The van der Waals surface area contributed by atoms with Crippen molar-refractivity contribution in [3.8, 4) is 22.9 Å². The Kier molecular flexibility index (Phi) is 8.71. The van der Waals surface area contributed by atoms with Crippen LogP contribution in [0.2, 0.25) is 5.02 Å². The molecule has 3 aromatic carbocycles. The van der Waals surface area contributed by atoms with E-state index in [1.54, 1.807) is 30.0 Å². The number of urea groups is 1. The first-order valence-electron chi connectivity index (χ1n) is 15.7. The summed E-state index contributed by atoms with van der Waals surface area (Å²) in [7, 11) is 0. The first kappa shape index (κ1) is 30.9. The second-order valence-electron chi connectivity index (χ2n) is 11.9. The van der Waals surface area contributed by atoms with Gasteiger partial charge >= 0.3 is 6.03 Å². The fourth-order valence-corrected chi connectivity index (χ4v) is 7.26. The molecule has 0 aromatic heterocycles. The molecule has 3 aliphatic heterocycles. The second-order valence-corrected chi connectivity index (χ2v) is 12.3. The van der Waals surface area contributed by atoms with Gasteiger partial charge in [-0.05, 0) is 87.1 Å². The average Bonchev–Trinajstić information content (AvgIpc) is 3.65. The van der Waals surface area contributed by atoms with Crippen LogP contribution in [-0.4, -0.2) is 66.6 Å². The molecule has 3 heterocycles. The number of likely N-dealkylation sites (N-methyl/N-ethyl adjacent to an activating group) is 1. The molecule has 45 heavy (non-hydrogen) atoms. The van der Waals surface area contributed by atoms with Crippen LogP contribution in [0.4, 0.5) is 20.6 Å². The third-order valence-corrected chi connectivity index (χ3v) is 9.62. The Bertz CT molecular complexity index is 1640. The van der Waals surface area contributed by atoms with E-state index in [1.807, 2.05) is 13.0 Å². The number of ether oxygens (including phenoxy) is 1. The van der Waals surface area contributed by atoms with Gasteiger partial charge in [0.15, 0.2) is 11.6 Å². The summed E-state index contributed by atoms with van der Waals surface area (Å²) in [5.74, 6) is -0.910. The number of hydrogen-bond donors (Lipinski definition) is 0. The molecule has 0 bridgehead atoms. The number of piperidine rings is 1. The lowest BCUT2D eigenvalue weighted by Gasteiger charge is -2.41. The van der Waals surface area contributed by atoms with Crippen LogP contribution in [0.15, 0.2) is 54.6 Å². The number of nitriles is 1. The Morgan fingerprint density at radius 2 is 1.69 bits per heavy atom. The number of carbonyl (C=O) groups is 2. The topological polar surface area (TPSA) is 80.1 Å². The van der Waals surface area contributed by atoms with Gasteiger partial charge in [0.1, 0.15) is 5.54 Å². The largest absolute Gasteiger partial charge is 0.490 e. The van der Waals surface area contributed by atoms with Crippen molar-refractivity contribution in [2.45, 2.75) is 51.6 Å². The Hall–Kier alpha value is -4.13. The number of amides is 3. The maximum absolute atomic E-state index is 14.8. The van der Waals surface area contributed by atoms with Crippen LogP contribution in [0.1, 0.15) is 50.7 Å². The van der Waals surface area contributed by atoms with Gasteiger partial charge in [-0.15, -0.1) is 0 Å². The number of halogens is 2. The Labute approximate surface area is 268 Å². The first-order chi connectivity index (χ1) is 21.8. The average molecular weight is 630 g/mol. The first-order valence-corrected chi connectivity index (χ1v) is 16.1. The summed E-state index contributed by atoms with van der Waals surface area (Å²) in [5.41, 5.74) is 2.86. The normalized spacial score (nSPS) is 18.2. The van der Waals surface area contributed by atoms with E-state index >= 15 is 0 Å². The number of carbonyl (C=O) groups excluding carboxylic acids is 2. The van der Waals surface area contributed by atoms with Crippen molar-refractivity contribution in [3.63, 3.8) is 0 Å². The molecule has 10 heteroatoms. The Morgan fingerprint density at radius 3 is 2.31 bits per heavy atom. The number of nitrogens with zero attached hydrogens (tertiary/aromatic N) is 5. The fourth-order valence-electron chi connectivity index (χ4n) is 6.99. The third kappa shape index (κ3) is 5.62. The molecule has 0 aliphatic carbocycles. The molecule has 6 rings (SSSR count). The summed E-state index contributed by atoms with van der Waals surface area (Å²) < 4.78 is 20.3. The highest BCUT2D eigenvalue weighted by Crippen LogP contribution is 2.43. The molecule has 8 nitrogen and oxygen atoms in total. The van der Waals surface area contributed by atoms with Crippen LogP contribution < -0.4 is 14.5 Å². The Balaban J connectivity index is 1.20. The number of anilines is 2. The maximum Gasteiger partial charge on any atom is 0.332 e. The molecule has 1 spiro atoms. The van der Waals surface area contributed by atoms with Gasteiger partial charge in [0, 0.05) is 50.5 Å². The number of rotatable bonds is 8. The zero-order chi connectivity index (χ0) is 31.7. The van der Waals surface area contributed by atoms with Crippen molar-refractivity contribution in [1.82, 2.24) is 9.80 Å². The molecule has 234 valence electrons. The molecular weight excluding hydrogens is 593 g/mol. The highest BCUT2D eigenvalue weighted by molar-refractivity contribution is 6.36. The van der Waals surface area contributed by atoms with Crippen LogP contribution in [0.3, 0.4) is 0 Å². The van der Waals surface area contributed by atoms with Gasteiger partial charge in [-0.2, -0.15) is 5.26 Å². The summed E-state index contributed by atoms with van der Waals surface area (Å²) in [5, 5.41) is 9.56. The van der Waals surface area contributed by atoms with Crippen LogP contribution in [0.5, 0.6) is 5.75 Å². The molecule has 3 amide bonds. The smallest absolute Gasteiger partial charge is 0.332 e. The zero-order valence-corrected chi connectivity index (χ0v) is 26.4. The monoisotopic (exact) mass is 629 g/mol. The molecule has 3 fully saturated rings. The van der Waals surface area contributed by atoms with Crippen LogP contribution in [0.25, 0.3) is 11.1 Å². The van der Waals surface area contributed by atoms with Crippen molar-refractivity contribution >= 4 is 34.9 Å². The molecule has 0 unspecified atom stereocenters. The van der Waals surface area contributed by atoms with Gasteiger partial charge in [0.25, 0.3) is 5.91 Å². The summed E-state index contributed by atoms with van der Waals surface area (Å²) in [6, 6.07) is 17.9. The van der Waals surface area contributed by atoms with E-state index in [4.69, 9.17) is 16.3 Å². The molecule has 0 N–H and O–H groups in total. The highest BCUT2D eigenvalue weighted by atomic mass is 35.5. The molecular formula is C35H37ClFN5O3. The van der Waals surface area contributed by atoms with E-state index in [1.165, 1.54) is 35.1 Å². The molecule has 3 aliphatic rings. The SMILES string of the molecule is CCOc1c(F)cc(C#N)cc1-c1ccc(N2C(=O)N(CC)C3(CCN(Cc4ccc(N5CCCC5)cc4)CC3)C2=O)c(Cl)c1. The van der Waals surface area contributed by atoms with E-state index < -0.39 is 17.4 Å². The van der Waals surface area contributed by atoms with Gasteiger partial charge in [-0.25, -0.2) is 14.1 Å². The summed E-state index contributed by atoms with van der Waals surface area (Å²) >= 11 is 6.74. The van der Waals surface area contributed by atoms with Gasteiger partial charge < -0.3 is 14.5 Å². The minimum absolute atomic E-state index is 0.0130. The van der Waals surface area contributed by atoms with E-state index in [0.29, 0.717) is 43.6 Å². The minimum Gasteiger partial charge on any atom is -0.490 e. The van der Waals surface area contributed by atoms with E-state index in [-0.39, 0.29) is 34.5 Å². The van der Waals surface area contributed by atoms with Crippen molar-refractivity contribution in [2.75, 3.05) is 49.1 Å². The second kappa shape index (κ2) is 12.7. The van der Waals surface area contributed by atoms with Crippen molar-refractivity contribution in [3.05, 3.63) is 76.6 Å². The quantitative estimate of drug-likeness (QED) is 0.254. The Morgan fingerprint density at radius 1 is 0.978 bits per heavy atom. The number of hydrogen-bond acceptors (Lipinski definition) is 6. The number of benzene rings is 3. The van der Waals surface area contributed by atoms with Gasteiger partial charge in [0.05, 0.1) is 28.9 Å². The van der Waals surface area contributed by atoms with Crippen LogP contribution >= 0.6 is 11.6 Å². The fraction of sp³-hybridized carbons (Fsp3) is 0.400. The summed E-state index contributed by atoms with van der Waals surface area (Å²) in [6.07, 6.45) is 3.55. The zero-order valence-electron chi connectivity index (χ0n) is 25.7. The lowest BCUT2D eigenvalue weighted by atomic mass is 9.85. The molecule has 3 saturated heterocycles. The van der Waals surface area contributed by atoms with Gasteiger partial charge in [0.2, 0.25) is 0 Å². The summed E-state index contributed by atoms with van der Waals surface area (Å²) in [6.45, 7) is 8.66. The lowest BCUT2D eigenvalue weighted by molar-refractivity contribution is -0.127. The van der Waals surface area contributed by atoms with Crippen molar-refractivity contribution in [2.24, 2.45) is 0 Å². The predicted molar refractivity (Wildman–Crippen MR) is 173 cm³/mol. The van der Waals surface area contributed by atoms with Crippen LogP contribution in [0, 0.1) is 17.1 Å². The van der Waals surface area contributed by atoms with Crippen LogP contribution in [-0.2, 0) is 11.3 Å². The highest BCUT2D eigenvalue weighted by Gasteiger charge is 2.58. The minimum atomic E-state index is -0.934. The third-order valence-electron chi connectivity index (χ3n) is 9.31. The standard InChI is InChI=1S/C35H37ClFN5O3/c1-3-41-34(44)42(31-12-9-26(21-29(31)36)28-19-25(22-38)20-30(37)32(28)45-4-2)33(43)35(41)13-17-39(18-14-35)23-24-7-10-27(11-8-24)40-15-5-6-16-40/h7-12,19-21H,3-6,13-18,23H2,1-2H3. The molecule has 0 saturated carbocycles. The van der Waals surface area contributed by atoms with E-state index in [9.17, 15) is 19.2 Å². The predicted octanol–water partition coefficient (Wildman–Crippen LogP) is 6.84. The molecule has 0 atom stereocenters. The maximum atomic E-state index is 14.8. The van der Waals surface area contributed by atoms with Crippen molar-refractivity contribution in [1.29, 1.82) is 5.26 Å². The van der Waals surface area contributed by atoms with Crippen molar-refractivity contribution < 1.29 is 18.7 Å². The van der Waals surface area contributed by atoms with E-state index in [0.717, 1.165) is 25.7 Å². The van der Waals surface area contributed by atoms with Gasteiger partial charge in [-0.3, -0.25) is 9.69 Å². The molecule has 3 aromatic rings. The summed E-state index contributed by atoms with van der Waals surface area (Å²) in [4.78, 5) is 35.5. The molecule has 0 radical (unpaired) electrons. The number of imide groups is 1. The van der Waals surface area contributed by atoms with Gasteiger partial charge in [-0.1, -0.05) is 29.8 Å². The lowest BCUT2D eigenvalue weighted by Crippen LogP contribution is -2.56.